The SMILES string of the molecule is C[C@H]1[C@H](C)CCC[C@@H]1NC(=O)COC(=O)[C@H]1COCCO1. The minimum absolute atomic E-state index is 0.175. The van der Waals surface area contributed by atoms with Crippen LogP contribution in [0.4, 0.5) is 0 Å². The molecule has 6 heteroatoms. The molecule has 0 aromatic carbocycles. The van der Waals surface area contributed by atoms with E-state index >= 15 is 0 Å². The van der Waals surface area contributed by atoms with Gasteiger partial charge < -0.3 is 19.5 Å². The van der Waals surface area contributed by atoms with Crippen LogP contribution in [0.1, 0.15) is 33.1 Å². The molecule has 21 heavy (non-hydrogen) atoms. The molecule has 2 rings (SSSR count). The number of amides is 1. The van der Waals surface area contributed by atoms with Gasteiger partial charge in [-0.1, -0.05) is 26.7 Å². The van der Waals surface area contributed by atoms with E-state index in [1.165, 1.54) is 6.42 Å². The van der Waals surface area contributed by atoms with Gasteiger partial charge >= 0.3 is 5.97 Å². The molecule has 0 aromatic heterocycles. The highest BCUT2D eigenvalue weighted by molar-refractivity contribution is 5.82. The first kappa shape index (κ1) is 16.2. The van der Waals surface area contributed by atoms with Gasteiger partial charge in [0.1, 0.15) is 0 Å². The van der Waals surface area contributed by atoms with Gasteiger partial charge in [0.2, 0.25) is 0 Å². The number of carbonyl (C=O) groups is 2. The zero-order valence-electron chi connectivity index (χ0n) is 12.8. The average Bonchev–Trinajstić information content (AvgIpc) is 2.50. The molecule has 1 saturated carbocycles. The van der Waals surface area contributed by atoms with Crippen LogP contribution in [-0.2, 0) is 23.8 Å². The third-order valence-electron chi connectivity index (χ3n) is 4.48. The van der Waals surface area contributed by atoms with E-state index in [1.54, 1.807) is 0 Å². The molecule has 6 nitrogen and oxygen atoms in total. The lowest BCUT2D eigenvalue weighted by molar-refractivity contribution is -0.172. The molecule has 1 N–H and O–H groups in total. The van der Waals surface area contributed by atoms with Crippen molar-refractivity contribution in [3.8, 4) is 0 Å². The molecule has 0 unspecified atom stereocenters. The van der Waals surface area contributed by atoms with Crippen LogP contribution in [0.5, 0.6) is 0 Å². The summed E-state index contributed by atoms with van der Waals surface area (Å²) in [5.74, 6) is 0.286. The first-order valence-electron chi connectivity index (χ1n) is 7.73. The first-order chi connectivity index (χ1) is 10.1. The van der Waals surface area contributed by atoms with Crippen molar-refractivity contribution in [3.63, 3.8) is 0 Å². The van der Waals surface area contributed by atoms with Crippen molar-refractivity contribution in [2.24, 2.45) is 11.8 Å². The van der Waals surface area contributed by atoms with E-state index in [0.717, 1.165) is 12.8 Å². The summed E-state index contributed by atoms with van der Waals surface area (Å²) in [7, 11) is 0. The molecule has 2 fully saturated rings. The maximum Gasteiger partial charge on any atom is 0.338 e. The molecule has 1 amide bonds. The third-order valence-corrected chi connectivity index (χ3v) is 4.48. The van der Waals surface area contributed by atoms with Gasteiger partial charge in [-0.25, -0.2) is 4.79 Å². The highest BCUT2D eigenvalue weighted by Crippen LogP contribution is 2.29. The Hall–Kier alpha value is -1.14. The Balaban J connectivity index is 1.70. The number of rotatable bonds is 4. The zero-order chi connectivity index (χ0) is 15.2. The molecule has 1 heterocycles. The normalized spacial score (nSPS) is 33.2. The molecule has 0 radical (unpaired) electrons. The Morgan fingerprint density at radius 3 is 2.76 bits per heavy atom. The number of esters is 1. The molecule has 4 atom stereocenters. The summed E-state index contributed by atoms with van der Waals surface area (Å²) in [5.41, 5.74) is 0. The Morgan fingerprint density at radius 2 is 2.05 bits per heavy atom. The van der Waals surface area contributed by atoms with Crippen molar-refractivity contribution in [3.05, 3.63) is 0 Å². The quantitative estimate of drug-likeness (QED) is 0.780. The fraction of sp³-hybridized carbons (Fsp3) is 0.867. The van der Waals surface area contributed by atoms with Crippen LogP contribution in [0.25, 0.3) is 0 Å². The molecular formula is C15H25NO5. The second-order valence-electron chi connectivity index (χ2n) is 5.98. The van der Waals surface area contributed by atoms with E-state index < -0.39 is 12.1 Å². The van der Waals surface area contributed by atoms with E-state index in [1.807, 2.05) is 0 Å². The van der Waals surface area contributed by atoms with Crippen molar-refractivity contribution < 1.29 is 23.8 Å². The second kappa shape index (κ2) is 7.75. The van der Waals surface area contributed by atoms with Gasteiger partial charge in [0.05, 0.1) is 19.8 Å². The van der Waals surface area contributed by atoms with E-state index in [9.17, 15) is 9.59 Å². The number of hydrogen-bond acceptors (Lipinski definition) is 5. The molecule has 1 saturated heterocycles. The molecule has 1 aliphatic carbocycles. The molecular weight excluding hydrogens is 274 g/mol. The van der Waals surface area contributed by atoms with Gasteiger partial charge in [-0.15, -0.1) is 0 Å². The minimum Gasteiger partial charge on any atom is -0.454 e. The Bertz CT molecular complexity index is 367. The number of hydrogen-bond donors (Lipinski definition) is 1. The fourth-order valence-electron chi connectivity index (χ4n) is 2.89. The van der Waals surface area contributed by atoms with E-state index in [0.29, 0.717) is 25.0 Å². The van der Waals surface area contributed by atoms with Crippen molar-refractivity contribution in [1.29, 1.82) is 0 Å². The largest absolute Gasteiger partial charge is 0.454 e. The average molecular weight is 299 g/mol. The lowest BCUT2D eigenvalue weighted by Gasteiger charge is -2.34. The molecule has 0 spiro atoms. The van der Waals surface area contributed by atoms with Gasteiger partial charge in [-0.05, 0) is 18.3 Å². The lowest BCUT2D eigenvalue weighted by atomic mass is 9.78. The van der Waals surface area contributed by atoms with Crippen LogP contribution in [0.3, 0.4) is 0 Å². The lowest BCUT2D eigenvalue weighted by Crippen LogP contribution is -2.46. The second-order valence-corrected chi connectivity index (χ2v) is 5.98. The van der Waals surface area contributed by atoms with E-state index in [-0.39, 0.29) is 25.2 Å². The Labute approximate surface area is 125 Å². The number of carbonyl (C=O) groups excluding carboxylic acids is 2. The van der Waals surface area contributed by atoms with Crippen LogP contribution in [0.15, 0.2) is 0 Å². The maximum atomic E-state index is 11.9. The van der Waals surface area contributed by atoms with Crippen LogP contribution in [0.2, 0.25) is 0 Å². The third kappa shape index (κ3) is 4.68. The zero-order valence-corrected chi connectivity index (χ0v) is 12.8. The highest BCUT2D eigenvalue weighted by Gasteiger charge is 2.29. The van der Waals surface area contributed by atoms with Crippen molar-refractivity contribution in [2.45, 2.75) is 45.3 Å². The van der Waals surface area contributed by atoms with Gasteiger partial charge in [-0.2, -0.15) is 0 Å². The van der Waals surface area contributed by atoms with Gasteiger partial charge in [-0.3, -0.25) is 4.79 Å². The van der Waals surface area contributed by atoms with Crippen LogP contribution in [-0.4, -0.2) is 50.4 Å². The van der Waals surface area contributed by atoms with Gasteiger partial charge in [0.25, 0.3) is 5.91 Å². The Morgan fingerprint density at radius 1 is 1.24 bits per heavy atom. The van der Waals surface area contributed by atoms with E-state index in [2.05, 4.69) is 19.2 Å². The smallest absolute Gasteiger partial charge is 0.338 e. The van der Waals surface area contributed by atoms with Crippen LogP contribution in [0, 0.1) is 11.8 Å². The predicted octanol–water partition coefficient (Wildman–Crippen LogP) is 0.886. The minimum atomic E-state index is -0.708. The predicted molar refractivity (Wildman–Crippen MR) is 75.6 cm³/mol. The molecule has 2 aliphatic rings. The van der Waals surface area contributed by atoms with Gasteiger partial charge in [0, 0.05) is 6.04 Å². The number of nitrogens with one attached hydrogen (secondary N) is 1. The number of ether oxygens (including phenoxy) is 3. The summed E-state index contributed by atoms with van der Waals surface area (Å²) in [5, 5.41) is 2.97. The van der Waals surface area contributed by atoms with Gasteiger partial charge in [0.15, 0.2) is 12.7 Å². The Kier molecular flexibility index (Phi) is 5.99. The van der Waals surface area contributed by atoms with E-state index in [4.69, 9.17) is 14.2 Å². The van der Waals surface area contributed by atoms with Crippen LogP contribution < -0.4 is 5.32 Å². The summed E-state index contributed by atoms with van der Waals surface area (Å²) in [6, 6.07) is 0.175. The summed E-state index contributed by atoms with van der Waals surface area (Å²) < 4.78 is 15.3. The topological polar surface area (TPSA) is 73.9 Å². The molecule has 120 valence electrons. The van der Waals surface area contributed by atoms with Crippen LogP contribution >= 0.6 is 0 Å². The fourth-order valence-corrected chi connectivity index (χ4v) is 2.89. The van der Waals surface area contributed by atoms with Crippen molar-refractivity contribution >= 4 is 11.9 Å². The standard InChI is InChI=1S/C15H25NO5/c1-10-4-3-5-12(11(10)2)16-14(17)9-21-15(18)13-8-19-6-7-20-13/h10-13H,3-9H2,1-2H3,(H,16,17)/t10-,11+,12+,13-/m1/s1. The molecule has 0 aromatic rings. The summed E-state index contributed by atoms with van der Waals surface area (Å²) in [4.78, 5) is 23.6. The highest BCUT2D eigenvalue weighted by atomic mass is 16.6. The summed E-state index contributed by atoms with van der Waals surface area (Å²) in [6.07, 6.45) is 2.62. The first-order valence-corrected chi connectivity index (χ1v) is 7.73. The maximum absolute atomic E-state index is 11.9. The molecule has 1 aliphatic heterocycles. The molecule has 0 bridgehead atoms. The summed E-state index contributed by atoms with van der Waals surface area (Å²) >= 11 is 0. The monoisotopic (exact) mass is 299 g/mol. The summed E-state index contributed by atoms with van der Waals surface area (Å²) in [6.45, 7) is 5.18. The van der Waals surface area contributed by atoms with Crippen molar-refractivity contribution in [2.75, 3.05) is 26.4 Å². The van der Waals surface area contributed by atoms with Crippen molar-refractivity contribution in [1.82, 2.24) is 5.32 Å².